The third-order valence-electron chi connectivity index (χ3n) is 5.50. The van der Waals surface area contributed by atoms with E-state index < -0.39 is 0 Å². The first kappa shape index (κ1) is 15.9. The van der Waals surface area contributed by atoms with Crippen molar-refractivity contribution >= 4 is 22.5 Å². The molecule has 3 aromatic rings. The first-order valence-corrected chi connectivity index (χ1v) is 9.12. The fraction of sp³-hybridized carbons (Fsp3) is 0.400. The summed E-state index contributed by atoms with van der Waals surface area (Å²) in [5.74, 6) is 1.03. The van der Waals surface area contributed by atoms with Crippen molar-refractivity contribution in [1.29, 1.82) is 5.26 Å². The fourth-order valence-corrected chi connectivity index (χ4v) is 4.15. The molecule has 0 aliphatic carbocycles. The Balaban J connectivity index is 1.79. The molecule has 2 atom stereocenters. The molecule has 128 valence electrons. The highest BCUT2D eigenvalue weighted by atomic mass is 15.2. The number of nitrogens with zero attached hydrogens (tertiary/aromatic N) is 3. The summed E-state index contributed by atoms with van der Waals surface area (Å²) < 4.78 is 2.10. The molecule has 2 N–H and O–H groups in total. The molecular weight excluding hydrogens is 310 g/mol. The molecule has 3 heterocycles. The van der Waals surface area contributed by atoms with Gasteiger partial charge in [0.2, 0.25) is 0 Å². The number of aryl methyl sites for hydroxylation is 1. The van der Waals surface area contributed by atoms with Crippen molar-refractivity contribution in [3.63, 3.8) is 0 Å². The number of fused-ring (bicyclic) bond motifs is 3. The minimum Gasteiger partial charge on any atom is -0.365 e. The minimum absolute atomic E-state index is 0.656. The van der Waals surface area contributed by atoms with Crippen LogP contribution in [-0.4, -0.2) is 35.1 Å². The Labute approximate surface area is 147 Å². The predicted molar refractivity (Wildman–Crippen MR) is 100 cm³/mol. The molecule has 0 saturated carbocycles. The first-order chi connectivity index (χ1) is 12.2. The monoisotopic (exact) mass is 334 g/mol. The van der Waals surface area contributed by atoms with Crippen LogP contribution in [0.3, 0.4) is 0 Å². The van der Waals surface area contributed by atoms with Gasteiger partial charge in [0.1, 0.15) is 17.9 Å². The van der Waals surface area contributed by atoms with Gasteiger partial charge in [0.15, 0.2) is 5.65 Å². The van der Waals surface area contributed by atoms with Gasteiger partial charge in [0.25, 0.3) is 0 Å². The Morgan fingerprint density at radius 1 is 1.40 bits per heavy atom. The van der Waals surface area contributed by atoms with Crippen molar-refractivity contribution in [2.24, 2.45) is 0 Å². The number of aromatic nitrogens is 2. The number of nitriles is 1. The Morgan fingerprint density at radius 3 is 3.04 bits per heavy atom. The Morgan fingerprint density at radius 2 is 2.24 bits per heavy atom. The molecule has 0 radical (unpaired) electrons. The summed E-state index contributed by atoms with van der Waals surface area (Å²) in [5.41, 5.74) is 4.34. The van der Waals surface area contributed by atoms with E-state index in [9.17, 15) is 5.26 Å². The number of pyridine rings is 1. The average Bonchev–Trinajstić information content (AvgIpc) is 3.23. The molecule has 1 saturated heterocycles. The average molecular weight is 334 g/mol. The number of imidazole rings is 1. The Kier molecular flexibility index (Phi) is 4.06. The van der Waals surface area contributed by atoms with Gasteiger partial charge in [0, 0.05) is 12.8 Å². The van der Waals surface area contributed by atoms with Gasteiger partial charge in [-0.3, -0.25) is 4.40 Å². The van der Waals surface area contributed by atoms with Crippen molar-refractivity contribution in [1.82, 2.24) is 9.38 Å². The van der Waals surface area contributed by atoms with Gasteiger partial charge >= 0.3 is 0 Å². The normalized spacial score (nSPS) is 20.2. The maximum Gasteiger partial charge on any atom is 0.157 e. The van der Waals surface area contributed by atoms with Crippen molar-refractivity contribution in [3.05, 3.63) is 41.5 Å². The summed E-state index contributed by atoms with van der Waals surface area (Å²) in [6, 6.07) is 13.1. The van der Waals surface area contributed by atoms with E-state index in [1.54, 1.807) is 4.90 Å². The lowest BCUT2D eigenvalue weighted by Gasteiger charge is -2.21. The number of hydrogen-bond acceptors (Lipinski definition) is 3. The molecule has 25 heavy (non-hydrogen) atoms. The van der Waals surface area contributed by atoms with E-state index in [2.05, 4.69) is 34.8 Å². The minimum atomic E-state index is 0.656. The van der Waals surface area contributed by atoms with Gasteiger partial charge in [-0.2, -0.15) is 5.26 Å². The lowest BCUT2D eigenvalue weighted by molar-refractivity contribution is -0.908. The van der Waals surface area contributed by atoms with Crippen LogP contribution in [0.1, 0.15) is 30.9 Å². The molecule has 2 aromatic heterocycles. The van der Waals surface area contributed by atoms with Gasteiger partial charge in [-0.15, -0.1) is 0 Å². The second-order valence-corrected chi connectivity index (χ2v) is 6.94. The SMILES string of the molecule is CC[NH+]1CCC[C@H]1CNc1cc(C)c(C#N)c2nc3ccccc3n12. The topological polar surface area (TPSA) is 57.6 Å². The summed E-state index contributed by atoms with van der Waals surface area (Å²) in [6.07, 6.45) is 2.59. The Bertz CT molecular complexity index is 966. The first-order valence-electron chi connectivity index (χ1n) is 9.12. The summed E-state index contributed by atoms with van der Waals surface area (Å²) in [5, 5.41) is 13.2. The summed E-state index contributed by atoms with van der Waals surface area (Å²) in [7, 11) is 0. The van der Waals surface area contributed by atoms with Gasteiger partial charge in [-0.25, -0.2) is 4.98 Å². The molecular formula is C20H24N5+. The number of anilines is 1. The number of quaternary nitrogens is 1. The van der Waals surface area contributed by atoms with Crippen LogP contribution in [0.5, 0.6) is 0 Å². The van der Waals surface area contributed by atoms with E-state index in [0.717, 1.165) is 34.6 Å². The molecule has 0 spiro atoms. The molecule has 5 nitrogen and oxygen atoms in total. The number of likely N-dealkylation sites (N-methyl/N-ethyl adjacent to an activating group) is 1. The molecule has 4 rings (SSSR count). The molecule has 1 aromatic carbocycles. The van der Waals surface area contributed by atoms with Crippen molar-refractivity contribution in [3.8, 4) is 6.07 Å². The van der Waals surface area contributed by atoms with E-state index in [0.29, 0.717) is 11.6 Å². The van der Waals surface area contributed by atoms with Gasteiger partial charge < -0.3 is 10.2 Å². The smallest absolute Gasteiger partial charge is 0.157 e. The highest BCUT2D eigenvalue weighted by Gasteiger charge is 2.27. The number of para-hydroxylation sites is 2. The van der Waals surface area contributed by atoms with Crippen LogP contribution in [0.4, 0.5) is 5.82 Å². The molecule has 0 amide bonds. The maximum absolute atomic E-state index is 9.57. The lowest BCUT2D eigenvalue weighted by Crippen LogP contribution is -3.14. The third kappa shape index (κ3) is 2.63. The standard InChI is InChI=1S/C20H23N5/c1-3-24-10-6-7-15(24)13-22-19-11-14(2)16(12-21)20-23-17-8-4-5-9-18(17)25(19)20/h4-5,8-9,11,15,22H,3,6-7,10,13H2,1-2H3/p+1/t15-/m0/s1. The van der Waals surface area contributed by atoms with E-state index in [-0.39, 0.29) is 0 Å². The molecule has 1 aliphatic rings. The molecule has 5 heteroatoms. The maximum atomic E-state index is 9.57. The van der Waals surface area contributed by atoms with Crippen molar-refractivity contribution in [2.45, 2.75) is 32.7 Å². The van der Waals surface area contributed by atoms with Crippen LogP contribution in [0.15, 0.2) is 30.3 Å². The zero-order valence-electron chi connectivity index (χ0n) is 14.8. The van der Waals surface area contributed by atoms with Gasteiger partial charge in [-0.1, -0.05) is 12.1 Å². The molecule has 1 unspecified atom stereocenters. The van der Waals surface area contributed by atoms with Crippen LogP contribution < -0.4 is 10.2 Å². The van der Waals surface area contributed by atoms with E-state index >= 15 is 0 Å². The number of hydrogen-bond donors (Lipinski definition) is 2. The molecule has 0 bridgehead atoms. The van der Waals surface area contributed by atoms with E-state index in [1.165, 1.54) is 25.9 Å². The van der Waals surface area contributed by atoms with Gasteiger partial charge in [-0.05, 0) is 37.6 Å². The van der Waals surface area contributed by atoms with Crippen LogP contribution in [0, 0.1) is 18.3 Å². The van der Waals surface area contributed by atoms with Crippen LogP contribution in [0.2, 0.25) is 0 Å². The van der Waals surface area contributed by atoms with E-state index in [4.69, 9.17) is 4.98 Å². The zero-order valence-corrected chi connectivity index (χ0v) is 14.8. The van der Waals surface area contributed by atoms with Gasteiger partial charge in [0.05, 0.1) is 36.2 Å². The van der Waals surface area contributed by atoms with Crippen molar-refractivity contribution < 1.29 is 4.90 Å². The second kappa shape index (κ2) is 6.38. The predicted octanol–water partition coefficient (Wildman–Crippen LogP) is 2.15. The summed E-state index contributed by atoms with van der Waals surface area (Å²) in [4.78, 5) is 6.40. The largest absolute Gasteiger partial charge is 0.365 e. The third-order valence-corrected chi connectivity index (χ3v) is 5.50. The quantitative estimate of drug-likeness (QED) is 0.769. The van der Waals surface area contributed by atoms with Crippen molar-refractivity contribution in [2.75, 3.05) is 25.0 Å². The number of benzene rings is 1. The van der Waals surface area contributed by atoms with Crippen LogP contribution in [-0.2, 0) is 0 Å². The zero-order chi connectivity index (χ0) is 17.4. The molecule has 1 fully saturated rings. The van der Waals surface area contributed by atoms with Crippen LogP contribution in [0.25, 0.3) is 16.7 Å². The highest BCUT2D eigenvalue weighted by molar-refractivity contribution is 5.85. The fourth-order valence-electron chi connectivity index (χ4n) is 4.15. The number of likely N-dealkylation sites (tertiary alicyclic amines) is 1. The molecule has 1 aliphatic heterocycles. The van der Waals surface area contributed by atoms with Crippen LogP contribution >= 0.6 is 0 Å². The lowest BCUT2D eigenvalue weighted by atomic mass is 10.1. The summed E-state index contributed by atoms with van der Waals surface area (Å²) in [6.45, 7) is 7.67. The second-order valence-electron chi connectivity index (χ2n) is 6.94. The Hall–Kier alpha value is -2.58. The highest BCUT2D eigenvalue weighted by Crippen LogP contribution is 2.26. The number of rotatable bonds is 4. The summed E-state index contributed by atoms with van der Waals surface area (Å²) >= 11 is 0. The van der Waals surface area contributed by atoms with E-state index in [1.807, 2.05) is 25.1 Å². The number of nitrogens with one attached hydrogen (secondary N) is 2.